The molecule has 0 bridgehead atoms. The number of sulfone groups is 1. The first-order valence-electron chi connectivity index (χ1n) is 45.0. The third-order valence-corrected chi connectivity index (χ3v) is 24.4. The topological polar surface area (TPSA) is 496 Å². The number of carbonyl (C=O) groups excluding carboxylic acids is 13. The van der Waals surface area contributed by atoms with Crippen LogP contribution in [0.4, 0.5) is 0 Å². The van der Waals surface area contributed by atoms with Crippen LogP contribution in [-0.4, -0.2) is 227 Å². The Morgan fingerprint density at radius 3 is 0.852 bits per heavy atom. The molecule has 6 aliphatic heterocycles. The van der Waals surface area contributed by atoms with Gasteiger partial charge in [0.15, 0.2) is 46.3 Å². The maximum Gasteiger partial charge on any atom is 0.526 e. The summed E-state index contributed by atoms with van der Waals surface area (Å²) < 4.78 is 75.1. The highest BCUT2D eigenvalue weighted by atomic mass is 35.5. The van der Waals surface area contributed by atoms with Crippen LogP contribution in [0.2, 0.25) is 34.9 Å². The molecule has 0 radical (unpaired) electrons. The maximum absolute atomic E-state index is 12.1. The fourth-order valence-corrected chi connectivity index (χ4v) is 16.8. The zero-order valence-corrected chi connectivity index (χ0v) is 80.2. The molecule has 0 saturated heterocycles. The molecular weight excluding hydrogens is 1780 g/mol. The van der Waals surface area contributed by atoms with Gasteiger partial charge >= 0.3 is 42.7 Å². The number of carbonyl (C=O) groups is 13. The SMILES string of the molecule is CC(=O)c1cccc2c1OB(O)[C@@H](CC(=O)CCC(C)(C)Cl)C2.CC(=O)c1cccc2c1OB(O)[C@@H](CC(=O)CCCC(N)=O)C2.CC(=O)c1cccc2c1OB(O)[C@@H](CC(=O)CCCS(C)(=O)=O)C2.CCOCC(=O)C[C@H]1Cc2cccc(C(C)=O)c2OB1O.COCCC(=O)C[C@H]1Cc2cccc(C(C)=O)c2OB1O.COCCOCC(=O)C[C@H]1Cc2cccc(C(C)=O)c2OB1O. The Hall–Kier alpha value is -10.1. The molecule has 12 rings (SSSR count). The van der Waals surface area contributed by atoms with Crippen molar-refractivity contribution >= 4 is 139 Å². The minimum atomic E-state index is -3.07. The van der Waals surface area contributed by atoms with Gasteiger partial charge in [0.05, 0.1) is 59.0 Å². The first-order chi connectivity index (χ1) is 63.8. The summed E-state index contributed by atoms with van der Waals surface area (Å²) >= 11 is 6.10. The van der Waals surface area contributed by atoms with E-state index in [1.54, 1.807) is 87.0 Å². The van der Waals surface area contributed by atoms with Crippen molar-refractivity contribution in [3.8, 4) is 34.5 Å². The Balaban J connectivity index is 0.000000221. The number of ether oxygens (including phenoxy) is 4. The summed E-state index contributed by atoms with van der Waals surface area (Å²) in [5.41, 5.74) is 12.8. The number of benzene rings is 6. The molecule has 0 aliphatic carbocycles. The maximum atomic E-state index is 12.1. The van der Waals surface area contributed by atoms with Gasteiger partial charge in [0.25, 0.3) is 0 Å². The molecule has 8 N–H and O–H groups in total. The molecule has 724 valence electrons. The number of hydrogen-bond acceptors (Lipinski definition) is 31. The number of rotatable bonds is 40. The van der Waals surface area contributed by atoms with Gasteiger partial charge in [-0.05, 0) is 190 Å². The van der Waals surface area contributed by atoms with Crippen molar-refractivity contribution in [3.63, 3.8) is 0 Å². The number of amides is 1. The molecule has 0 spiro atoms. The van der Waals surface area contributed by atoms with Crippen molar-refractivity contribution in [3.05, 3.63) is 176 Å². The molecule has 0 fully saturated rings. The summed E-state index contributed by atoms with van der Waals surface area (Å²) in [6, 6.07) is 31.8. The van der Waals surface area contributed by atoms with Crippen LogP contribution in [0.1, 0.15) is 248 Å². The lowest BCUT2D eigenvalue weighted by Crippen LogP contribution is -2.36. The second-order valence-corrected chi connectivity index (χ2v) is 38.4. The van der Waals surface area contributed by atoms with Crippen molar-refractivity contribution < 1.29 is 148 Å². The fraction of sp³-hybridized carbons (Fsp3) is 0.484. The van der Waals surface area contributed by atoms with Gasteiger partial charge in [-0.1, -0.05) is 72.8 Å². The average molecular weight is 1910 g/mol. The van der Waals surface area contributed by atoms with E-state index >= 15 is 0 Å². The molecule has 6 aliphatic rings. The Labute approximate surface area is 795 Å². The van der Waals surface area contributed by atoms with Crippen LogP contribution in [0.25, 0.3) is 0 Å². The summed E-state index contributed by atoms with van der Waals surface area (Å²) in [6.45, 7) is 16.0. The quantitative estimate of drug-likeness (QED) is 0.00813. The van der Waals surface area contributed by atoms with Crippen molar-refractivity contribution in [1.29, 1.82) is 0 Å². The van der Waals surface area contributed by atoms with E-state index in [9.17, 15) is 101 Å². The molecule has 6 aromatic rings. The zero-order chi connectivity index (χ0) is 99.7. The normalized spacial score (nSPS) is 17.0. The molecule has 1 amide bonds. The van der Waals surface area contributed by atoms with E-state index in [1.165, 1.54) is 41.5 Å². The summed E-state index contributed by atoms with van der Waals surface area (Å²) in [5.74, 6) is -0.792. The number of halogens is 1. The van der Waals surface area contributed by atoms with Gasteiger partial charge in [0.1, 0.15) is 80.7 Å². The average Bonchev–Trinajstić information content (AvgIpc) is 0.809. The first kappa shape index (κ1) is 112. The molecule has 6 atom stereocenters. The van der Waals surface area contributed by atoms with Crippen LogP contribution in [0.5, 0.6) is 34.5 Å². The lowest BCUT2D eigenvalue weighted by molar-refractivity contribution is -0.124. The first-order valence-corrected chi connectivity index (χ1v) is 47.5. The van der Waals surface area contributed by atoms with E-state index in [0.717, 1.165) is 39.6 Å². The van der Waals surface area contributed by atoms with Crippen molar-refractivity contribution in [2.24, 2.45) is 5.73 Å². The zero-order valence-electron chi connectivity index (χ0n) is 78.7. The van der Waals surface area contributed by atoms with Gasteiger partial charge < -0.3 is 82.8 Å². The minimum absolute atomic E-state index is 0.00702. The van der Waals surface area contributed by atoms with Crippen LogP contribution in [0.3, 0.4) is 0 Å². The van der Waals surface area contributed by atoms with Crippen molar-refractivity contribution in [2.75, 3.05) is 65.9 Å². The van der Waals surface area contributed by atoms with Gasteiger partial charge in [-0.2, -0.15) is 0 Å². The minimum Gasteiger partial charge on any atom is -0.535 e. The number of methoxy groups -OCH3 is 2. The lowest BCUT2D eigenvalue weighted by atomic mass is 9.64. The van der Waals surface area contributed by atoms with E-state index in [-0.39, 0.29) is 182 Å². The molecule has 6 aromatic carbocycles. The van der Waals surface area contributed by atoms with Gasteiger partial charge in [0.2, 0.25) is 5.91 Å². The molecule has 135 heavy (non-hydrogen) atoms. The van der Waals surface area contributed by atoms with E-state index in [4.69, 9.17) is 64.2 Å². The Morgan fingerprint density at radius 2 is 0.615 bits per heavy atom. The van der Waals surface area contributed by atoms with Gasteiger partial charge in [0, 0.05) is 137 Å². The van der Waals surface area contributed by atoms with E-state index < -0.39 is 69.1 Å². The van der Waals surface area contributed by atoms with Gasteiger partial charge in [-0.25, -0.2) is 8.42 Å². The van der Waals surface area contributed by atoms with Crippen molar-refractivity contribution in [1.82, 2.24) is 0 Å². The van der Waals surface area contributed by atoms with Crippen LogP contribution >= 0.6 is 11.6 Å². The molecule has 0 saturated carbocycles. The third kappa shape index (κ3) is 35.7. The number of para-hydroxylation sites is 6. The Morgan fingerprint density at radius 1 is 0.370 bits per heavy atom. The van der Waals surface area contributed by atoms with E-state index in [0.29, 0.717) is 159 Å². The number of ketones is 12. The fourth-order valence-electron chi connectivity index (χ4n) is 16.1. The van der Waals surface area contributed by atoms with Gasteiger partial charge in [-0.3, -0.25) is 62.3 Å². The number of alkyl halides is 1. The predicted molar refractivity (Wildman–Crippen MR) is 510 cm³/mol. The number of nitrogens with two attached hydrogens (primary N) is 1. The lowest BCUT2D eigenvalue weighted by Gasteiger charge is -2.28. The summed E-state index contributed by atoms with van der Waals surface area (Å²) in [6.07, 6.45) is 7.86. The highest BCUT2D eigenvalue weighted by Gasteiger charge is 2.44. The summed E-state index contributed by atoms with van der Waals surface area (Å²) in [5, 5.41) is 60.7. The number of primary amides is 1. The highest BCUT2D eigenvalue weighted by molar-refractivity contribution is 7.90. The molecule has 0 unspecified atom stereocenters. The van der Waals surface area contributed by atoms with E-state index in [2.05, 4.69) is 0 Å². The molecule has 0 aromatic heterocycles. The standard InChI is InChI=1S/C17H22BClO4.C16H20BNO5.C16H21BO6S.C16H21BO6.2C15H19BO5/c1-11(20)15-6-4-5-12-9-13(18(22)23-16(12)15)10-14(21)7-8-17(2,3)19;1-10(19)14-6-2-4-11-8-12(17(22)23-16(11)14)9-13(20)5-3-7-15(18)21;1-11(18)15-7-3-5-12-9-13(17(20)23-16(12)15)10-14(19)6-4-8-24(2,21)22;1-11(18)15-5-3-4-12-8-13(17(20)23-16(12)15)9-14(19)10-22-7-6-21-2;1-10(17)14-5-3-4-11-8-12(16(19)21-15(11)14)9-13(18)6-7-20-2;1-3-20-9-13(18)8-12-7-11-5-4-6-14(10(2)17)15(11)21-16(12)19/h4-6,13,22H,7-10H2,1-3H3;2,4,6,12,22H,3,5,7-9H2,1H3,(H2,18,21);3,5,7,13,20H,4,6,8-10H2,1-2H3;3-5,13,20H,6-10H2,1-2H3;3-5,12,19H,6-9H2,1-2H3;4-6,12,19H,3,7-9H2,1-2H3/t13-;12-;2*13-;2*12-/m111111/s1. The number of Topliss-reactive ketones (excluding diaryl/α,β-unsaturated/α-hetero) is 12. The predicted octanol–water partition coefficient (Wildman–Crippen LogP) is 10.8. The van der Waals surface area contributed by atoms with E-state index in [1.807, 2.05) is 57.2 Å². The number of fused-ring (bicyclic) bond motifs is 6. The molecule has 6 heterocycles. The third-order valence-electron chi connectivity index (χ3n) is 23.1. The van der Waals surface area contributed by atoms with Crippen molar-refractivity contribution in [2.45, 2.75) is 231 Å². The highest BCUT2D eigenvalue weighted by Crippen LogP contribution is 2.44. The monoisotopic (exact) mass is 1910 g/mol. The van der Waals surface area contributed by atoms with Crippen LogP contribution in [0, 0.1) is 0 Å². The summed E-state index contributed by atoms with van der Waals surface area (Å²) in [4.78, 5) is 151. The Kier molecular flexibility index (Phi) is 44.8. The summed E-state index contributed by atoms with van der Waals surface area (Å²) in [7, 11) is -6.57. The van der Waals surface area contributed by atoms with Gasteiger partial charge in [-0.15, -0.1) is 11.6 Å². The van der Waals surface area contributed by atoms with Crippen LogP contribution in [-0.2, 0) is 101 Å². The molecule has 40 heteroatoms. The molecule has 32 nitrogen and oxygen atoms in total. The largest absolute Gasteiger partial charge is 0.535 e. The smallest absolute Gasteiger partial charge is 0.526 e. The van der Waals surface area contributed by atoms with Crippen LogP contribution < -0.4 is 33.7 Å². The Bertz CT molecular complexity index is 5210. The second kappa shape index (κ2) is 54.1. The van der Waals surface area contributed by atoms with Crippen LogP contribution in [0.15, 0.2) is 109 Å². The number of hydrogen-bond donors (Lipinski definition) is 7. The molecular formula is C95H122B6ClNO31S. The second-order valence-electron chi connectivity index (χ2n) is 35.1.